The molecule has 4 aromatic rings. The molecule has 6 nitrogen and oxygen atoms in total. The molecule has 1 radical (unpaired) electrons. The second kappa shape index (κ2) is 16.6. The Morgan fingerprint density at radius 3 is 1.67 bits per heavy atom. The summed E-state index contributed by atoms with van der Waals surface area (Å²) in [7, 11) is 0. The van der Waals surface area contributed by atoms with Crippen molar-refractivity contribution < 1.29 is 17.1 Å². The number of hydrogen-bond acceptors (Lipinski definition) is 6. The quantitative estimate of drug-likeness (QED) is 0.192. The van der Waals surface area contributed by atoms with E-state index in [1.165, 1.54) is 10.3 Å². The van der Waals surface area contributed by atoms with Crippen LogP contribution in [0.5, 0.6) is 0 Å². The minimum absolute atomic E-state index is 0. The molecule has 4 rings (SSSR count). The Kier molecular flexibility index (Phi) is 14.1. The Bertz CT molecular complexity index is 1110. The fourth-order valence-corrected chi connectivity index (χ4v) is 3.03. The fourth-order valence-electron chi connectivity index (χ4n) is 3.03. The van der Waals surface area contributed by atoms with E-state index in [1.807, 2.05) is 48.8 Å². The zero-order valence-electron chi connectivity index (χ0n) is 17.6. The van der Waals surface area contributed by atoms with Gasteiger partial charge in [-0.1, -0.05) is 60.8 Å². The van der Waals surface area contributed by atoms with Crippen molar-refractivity contribution in [3.05, 3.63) is 113 Å². The van der Waals surface area contributed by atoms with Crippen molar-refractivity contribution in [1.82, 2.24) is 19.9 Å². The molecule has 165 valence electrons. The molecule has 33 heavy (non-hydrogen) atoms. The van der Waals surface area contributed by atoms with Gasteiger partial charge in [0.2, 0.25) is 0 Å². The van der Waals surface area contributed by atoms with Gasteiger partial charge in [-0.05, 0) is 36.4 Å². The smallest absolute Gasteiger partial charge is 0.753 e. The van der Waals surface area contributed by atoms with Crippen LogP contribution in [0, 0.1) is 0 Å². The zero-order chi connectivity index (χ0) is 23.0. The molecule has 0 saturated heterocycles. The molecule has 0 aliphatic heterocycles. The standard InChI is InChI=1S/C22H20N4.2CNS.Fe/c1-2-10-22-18(7-1)11-12-21(25-22)17-26(15-19-8-3-5-13-23-19)16-20-9-4-6-14-24-20;2*2-1-3;/h1-14H,15-17H2;;;/q;2*-1;+3. The van der Waals surface area contributed by atoms with Crippen LogP contribution in [-0.4, -0.2) is 30.2 Å². The largest absolute Gasteiger partial charge is 3.00 e. The van der Waals surface area contributed by atoms with E-state index >= 15 is 0 Å². The van der Waals surface area contributed by atoms with Crippen molar-refractivity contribution in [3.8, 4) is 0 Å². The van der Waals surface area contributed by atoms with Crippen LogP contribution in [0.1, 0.15) is 17.1 Å². The molecule has 3 heterocycles. The van der Waals surface area contributed by atoms with Crippen LogP contribution in [0.15, 0.2) is 85.2 Å². The summed E-state index contributed by atoms with van der Waals surface area (Å²) in [5.74, 6) is 0. The minimum Gasteiger partial charge on any atom is -0.753 e. The number of thiocarbonyl (C=S) groups is 2. The van der Waals surface area contributed by atoms with Crippen LogP contribution in [0.2, 0.25) is 0 Å². The Hall–Kier alpha value is -2.99. The summed E-state index contributed by atoms with van der Waals surface area (Å²) >= 11 is 7.40. The number of fused-ring (bicyclic) bond motifs is 1. The van der Waals surface area contributed by atoms with Gasteiger partial charge < -0.3 is 10.8 Å². The normalized spacial score (nSPS) is 9.24. The van der Waals surface area contributed by atoms with Crippen molar-refractivity contribution in [1.29, 1.82) is 0 Å². The molecule has 0 aliphatic rings. The van der Waals surface area contributed by atoms with Gasteiger partial charge in [-0.2, -0.15) is 10.3 Å². The van der Waals surface area contributed by atoms with Gasteiger partial charge in [-0.25, -0.2) is 0 Å². The average Bonchev–Trinajstić information content (AvgIpc) is 2.81. The van der Waals surface area contributed by atoms with Crippen molar-refractivity contribution in [2.45, 2.75) is 19.6 Å². The molecule has 9 heteroatoms. The number of nitrogens with zero attached hydrogens (tertiary/aromatic N) is 6. The fraction of sp³-hybridized carbons (Fsp3) is 0.125. The van der Waals surface area contributed by atoms with Crippen LogP contribution in [-0.2, 0) is 36.7 Å². The molecule has 0 aliphatic carbocycles. The summed E-state index contributed by atoms with van der Waals surface area (Å²) in [4.78, 5) is 16.1. The molecule has 0 unspecified atom stereocenters. The molecular weight excluding hydrogens is 492 g/mol. The Labute approximate surface area is 214 Å². The summed E-state index contributed by atoms with van der Waals surface area (Å²) in [6.07, 6.45) is 3.67. The SMILES string of the molecule is [Fe+3].[N-]=C=S.[N-]=C=S.c1ccc(CN(Cc2ccccn2)Cc2ccc3ccccc3n2)nc1. The number of pyridine rings is 3. The number of aromatic nitrogens is 3. The van der Waals surface area contributed by atoms with Crippen LogP contribution in [0.3, 0.4) is 0 Å². The van der Waals surface area contributed by atoms with E-state index in [2.05, 4.69) is 75.7 Å². The topological polar surface area (TPSA) is 86.5 Å². The monoisotopic (exact) mass is 512 g/mol. The minimum atomic E-state index is 0. The first-order valence-electron chi connectivity index (χ1n) is 9.59. The van der Waals surface area contributed by atoms with Gasteiger partial charge in [-0.15, -0.1) is 0 Å². The van der Waals surface area contributed by atoms with Gasteiger partial charge in [0.15, 0.2) is 0 Å². The molecule has 0 spiro atoms. The number of isothiocyanates is 2. The van der Waals surface area contributed by atoms with E-state index in [-0.39, 0.29) is 17.1 Å². The first-order chi connectivity index (χ1) is 15.7. The molecule has 0 atom stereocenters. The molecular formula is C24H20FeN6S2+. The molecule has 0 saturated carbocycles. The molecule has 1 aromatic carbocycles. The molecule has 3 aromatic heterocycles. The second-order valence-electron chi connectivity index (χ2n) is 6.47. The van der Waals surface area contributed by atoms with E-state index < -0.39 is 0 Å². The van der Waals surface area contributed by atoms with Gasteiger partial charge in [0.05, 0.1) is 22.6 Å². The molecule has 0 bridgehead atoms. The summed E-state index contributed by atoms with van der Waals surface area (Å²) in [6, 6.07) is 24.5. The third-order valence-electron chi connectivity index (χ3n) is 4.27. The van der Waals surface area contributed by atoms with Crippen molar-refractivity contribution in [3.63, 3.8) is 0 Å². The van der Waals surface area contributed by atoms with E-state index in [0.717, 1.165) is 47.6 Å². The van der Waals surface area contributed by atoms with Gasteiger partial charge in [0.1, 0.15) is 0 Å². The predicted octanol–water partition coefficient (Wildman–Crippen LogP) is 5.54. The predicted molar refractivity (Wildman–Crippen MR) is 135 cm³/mol. The Morgan fingerprint density at radius 1 is 0.667 bits per heavy atom. The van der Waals surface area contributed by atoms with Gasteiger partial charge in [-0.3, -0.25) is 19.9 Å². The number of hydrogen-bond donors (Lipinski definition) is 0. The van der Waals surface area contributed by atoms with Crippen LogP contribution >= 0.6 is 24.4 Å². The van der Waals surface area contributed by atoms with Gasteiger partial charge >= 0.3 is 17.1 Å². The van der Waals surface area contributed by atoms with Crippen molar-refractivity contribution in [2.24, 2.45) is 0 Å². The van der Waals surface area contributed by atoms with Crippen LogP contribution in [0.25, 0.3) is 21.7 Å². The van der Waals surface area contributed by atoms with Gasteiger partial charge in [0.25, 0.3) is 0 Å². The molecule has 0 fully saturated rings. The number of para-hydroxylation sites is 1. The van der Waals surface area contributed by atoms with E-state index in [4.69, 9.17) is 15.8 Å². The first-order valence-corrected chi connectivity index (χ1v) is 10.4. The second-order valence-corrected chi connectivity index (χ2v) is 6.83. The summed E-state index contributed by atoms with van der Waals surface area (Å²) in [6.45, 7) is 2.26. The van der Waals surface area contributed by atoms with Crippen LogP contribution < -0.4 is 0 Å². The maximum absolute atomic E-state index is 7.13. The van der Waals surface area contributed by atoms with Gasteiger partial charge in [0, 0.05) is 37.4 Å². The third-order valence-corrected chi connectivity index (χ3v) is 4.27. The summed E-state index contributed by atoms with van der Waals surface area (Å²) in [5, 5.41) is 18.1. The Morgan fingerprint density at radius 2 is 1.15 bits per heavy atom. The molecule has 0 N–H and O–H groups in total. The van der Waals surface area contributed by atoms with Crippen molar-refractivity contribution >= 4 is 45.7 Å². The Balaban J connectivity index is 0.000000706. The van der Waals surface area contributed by atoms with Crippen molar-refractivity contribution in [2.75, 3.05) is 0 Å². The average molecular weight is 512 g/mol. The zero-order valence-corrected chi connectivity index (χ0v) is 20.3. The summed E-state index contributed by atoms with van der Waals surface area (Å²) < 4.78 is 0. The van der Waals surface area contributed by atoms with Crippen LogP contribution in [0.4, 0.5) is 0 Å². The molecule has 0 amide bonds. The van der Waals surface area contributed by atoms with E-state index in [9.17, 15) is 0 Å². The first kappa shape index (κ1) is 28.0. The third kappa shape index (κ3) is 10.4. The number of rotatable bonds is 6. The van der Waals surface area contributed by atoms with E-state index in [1.54, 1.807) is 0 Å². The van der Waals surface area contributed by atoms with E-state index in [0.29, 0.717) is 0 Å². The maximum atomic E-state index is 7.13. The summed E-state index contributed by atoms with van der Waals surface area (Å²) in [5.41, 5.74) is 4.17. The number of benzene rings is 1. The maximum Gasteiger partial charge on any atom is 3.00 e.